The van der Waals surface area contributed by atoms with Crippen molar-refractivity contribution >= 4 is 46.0 Å². The lowest BCUT2D eigenvalue weighted by Gasteiger charge is -2.17. The molecule has 0 saturated carbocycles. The normalized spacial score (nSPS) is 19.0. The molecule has 5 rings (SSSR count). The topological polar surface area (TPSA) is 45.1 Å². The fraction of sp³-hybridized carbons (Fsp3) is 0.120. The summed E-state index contributed by atoms with van der Waals surface area (Å²) in [7, 11) is 1.92. The van der Waals surface area contributed by atoms with Crippen LogP contribution in [-0.2, 0) is 11.3 Å². The summed E-state index contributed by atoms with van der Waals surface area (Å²) in [6.07, 6.45) is -4.77. The number of anilines is 1. The molecule has 0 N–H and O–H groups in total. The highest BCUT2D eigenvalue weighted by molar-refractivity contribution is 8.19. The molecule has 0 spiro atoms. The van der Waals surface area contributed by atoms with E-state index in [-0.39, 0.29) is 11.7 Å². The Hall–Kier alpha value is -3.37. The first kappa shape index (κ1) is 23.4. The van der Waals surface area contributed by atoms with Crippen molar-refractivity contribution in [1.29, 1.82) is 0 Å². The van der Waals surface area contributed by atoms with E-state index < -0.39 is 6.36 Å². The Labute approximate surface area is 208 Å². The van der Waals surface area contributed by atoms with Crippen LogP contribution in [0.1, 0.15) is 5.56 Å². The summed E-state index contributed by atoms with van der Waals surface area (Å²) in [6, 6.07) is 22.7. The number of alkyl halides is 3. The van der Waals surface area contributed by atoms with Crippen molar-refractivity contribution in [2.75, 3.05) is 11.9 Å². The van der Waals surface area contributed by atoms with Gasteiger partial charge in [-0.05, 0) is 53.7 Å². The molecule has 0 atom stereocenters. The smallest absolute Gasteiger partial charge is 0.406 e. The summed E-state index contributed by atoms with van der Waals surface area (Å²) < 4.78 is 41.4. The number of benzene rings is 3. The van der Waals surface area contributed by atoms with Gasteiger partial charge in [0.25, 0.3) is 5.91 Å². The van der Waals surface area contributed by atoms with E-state index in [1.165, 1.54) is 47.8 Å². The molecule has 0 aliphatic carbocycles. The predicted octanol–water partition coefficient (Wildman–Crippen LogP) is 6.76. The number of para-hydroxylation sites is 1. The number of thioether (sulfide) groups is 2. The third-order valence-corrected chi connectivity index (χ3v) is 7.71. The van der Waals surface area contributed by atoms with E-state index in [4.69, 9.17) is 0 Å². The highest BCUT2D eigenvalue weighted by Gasteiger charge is 2.39. The van der Waals surface area contributed by atoms with Crippen LogP contribution in [-0.4, -0.2) is 29.4 Å². The second kappa shape index (κ2) is 9.35. The third kappa shape index (κ3) is 5.03. The van der Waals surface area contributed by atoms with E-state index in [0.717, 1.165) is 21.2 Å². The monoisotopic (exact) mass is 513 g/mol. The van der Waals surface area contributed by atoms with E-state index in [0.29, 0.717) is 22.3 Å². The molecule has 35 heavy (non-hydrogen) atoms. The van der Waals surface area contributed by atoms with Crippen molar-refractivity contribution in [1.82, 2.24) is 4.90 Å². The van der Waals surface area contributed by atoms with Crippen molar-refractivity contribution in [3.05, 3.63) is 94.4 Å². The van der Waals surface area contributed by atoms with Crippen molar-refractivity contribution < 1.29 is 22.7 Å². The summed E-state index contributed by atoms with van der Waals surface area (Å²) in [5.41, 5.74) is 2.37. The van der Waals surface area contributed by atoms with Gasteiger partial charge in [0, 0.05) is 11.9 Å². The van der Waals surface area contributed by atoms with Crippen LogP contribution in [0.5, 0.6) is 5.75 Å². The fourth-order valence-electron chi connectivity index (χ4n) is 3.66. The Kier molecular flexibility index (Phi) is 6.24. The number of rotatable bonds is 4. The summed E-state index contributed by atoms with van der Waals surface area (Å²) in [6.45, 7) is 0.318. The maximum atomic E-state index is 13.6. The van der Waals surface area contributed by atoms with Gasteiger partial charge in [-0.2, -0.15) is 0 Å². The van der Waals surface area contributed by atoms with Crippen LogP contribution in [0.2, 0.25) is 0 Å². The lowest BCUT2D eigenvalue weighted by atomic mass is 10.2. The number of hydrogen-bond donors (Lipinski definition) is 0. The Morgan fingerprint density at radius 1 is 0.914 bits per heavy atom. The van der Waals surface area contributed by atoms with Crippen LogP contribution in [0, 0.1) is 0 Å². The fourth-order valence-corrected chi connectivity index (χ4v) is 6.00. The molecular formula is C25H18F3N3O2S2. The number of ether oxygens (including phenoxy) is 1. The average molecular weight is 514 g/mol. The molecule has 2 aliphatic rings. The molecule has 3 aromatic rings. The second-order valence-electron chi connectivity index (χ2n) is 7.68. The second-order valence-corrected chi connectivity index (χ2v) is 9.69. The lowest BCUT2D eigenvalue weighted by Crippen LogP contribution is -2.29. The molecule has 1 amide bonds. The van der Waals surface area contributed by atoms with Gasteiger partial charge in [0.2, 0.25) is 0 Å². The number of carbonyl (C=O) groups is 1. The largest absolute Gasteiger partial charge is 0.573 e. The zero-order chi connectivity index (χ0) is 24.6. The van der Waals surface area contributed by atoms with Gasteiger partial charge in [0.05, 0.1) is 22.9 Å². The van der Waals surface area contributed by atoms with Crippen molar-refractivity contribution in [2.45, 2.75) is 17.8 Å². The number of halogens is 3. The SMILES string of the molecule is CN1/C(=C2/S/C(=N\c3ccc(OC(F)(F)F)cc3)N(Cc3ccccc3)C2=O)Sc2ccccc21. The van der Waals surface area contributed by atoms with Gasteiger partial charge in [0.15, 0.2) is 5.17 Å². The van der Waals surface area contributed by atoms with Gasteiger partial charge < -0.3 is 9.64 Å². The van der Waals surface area contributed by atoms with Crippen molar-refractivity contribution in [3.8, 4) is 5.75 Å². The highest BCUT2D eigenvalue weighted by atomic mass is 32.2. The van der Waals surface area contributed by atoms with E-state index in [9.17, 15) is 18.0 Å². The lowest BCUT2D eigenvalue weighted by molar-refractivity contribution is -0.274. The number of amidine groups is 1. The summed E-state index contributed by atoms with van der Waals surface area (Å²) in [4.78, 5) is 23.4. The number of carbonyl (C=O) groups excluding carboxylic acids is 1. The molecule has 3 aromatic carbocycles. The Morgan fingerprint density at radius 3 is 2.29 bits per heavy atom. The molecule has 2 aliphatic heterocycles. The number of nitrogens with zero attached hydrogens (tertiary/aromatic N) is 3. The zero-order valence-electron chi connectivity index (χ0n) is 18.3. The van der Waals surface area contributed by atoms with Crippen LogP contribution >= 0.6 is 23.5 Å². The molecule has 1 saturated heterocycles. The molecule has 0 bridgehead atoms. The first-order valence-electron chi connectivity index (χ1n) is 10.5. The highest BCUT2D eigenvalue weighted by Crippen LogP contribution is 2.50. The molecule has 0 aromatic heterocycles. The molecule has 0 unspecified atom stereocenters. The maximum Gasteiger partial charge on any atom is 0.573 e. The Bertz CT molecular complexity index is 1330. The van der Waals surface area contributed by atoms with Crippen LogP contribution in [0.25, 0.3) is 0 Å². The van der Waals surface area contributed by atoms with Crippen molar-refractivity contribution in [3.63, 3.8) is 0 Å². The Balaban J connectivity index is 1.49. The average Bonchev–Trinajstić information content (AvgIpc) is 3.32. The van der Waals surface area contributed by atoms with E-state index >= 15 is 0 Å². The molecule has 5 nitrogen and oxygen atoms in total. The van der Waals surface area contributed by atoms with Gasteiger partial charge in [0.1, 0.15) is 10.7 Å². The standard InChI is InChI=1S/C25H18F3N3O2S2/c1-30-19-9-5-6-10-20(19)34-23(30)21-22(32)31(15-16-7-3-2-4-8-16)24(35-21)29-17-11-13-18(14-12-17)33-25(26,27)28/h2-14H,15H2,1H3/b23-21-,29-24-. The zero-order valence-corrected chi connectivity index (χ0v) is 20.0. The van der Waals surface area contributed by atoms with Gasteiger partial charge >= 0.3 is 6.36 Å². The molecule has 0 radical (unpaired) electrons. The van der Waals surface area contributed by atoms with Crippen molar-refractivity contribution in [2.24, 2.45) is 4.99 Å². The quantitative estimate of drug-likeness (QED) is 0.361. The number of aliphatic imine (C=N–C) groups is 1. The van der Waals surface area contributed by atoms with Gasteiger partial charge in [-0.15, -0.1) is 13.2 Å². The molecule has 1 fully saturated rings. The van der Waals surface area contributed by atoms with Crippen LogP contribution in [0.3, 0.4) is 0 Å². The first-order chi connectivity index (χ1) is 16.8. The third-order valence-electron chi connectivity index (χ3n) is 5.27. The summed E-state index contributed by atoms with van der Waals surface area (Å²) >= 11 is 2.79. The van der Waals surface area contributed by atoms with E-state index in [2.05, 4.69) is 9.73 Å². The summed E-state index contributed by atoms with van der Waals surface area (Å²) in [5.74, 6) is -0.501. The van der Waals surface area contributed by atoms with E-state index in [1.54, 1.807) is 4.90 Å². The van der Waals surface area contributed by atoms with Gasteiger partial charge in [-0.1, -0.05) is 54.2 Å². The number of amides is 1. The minimum absolute atomic E-state index is 0.170. The number of fused-ring (bicyclic) bond motifs is 1. The van der Waals surface area contributed by atoms with Crippen LogP contribution < -0.4 is 9.64 Å². The minimum Gasteiger partial charge on any atom is -0.406 e. The van der Waals surface area contributed by atoms with E-state index in [1.807, 2.05) is 66.5 Å². The summed E-state index contributed by atoms with van der Waals surface area (Å²) in [5, 5.41) is 1.27. The molecule has 2 heterocycles. The van der Waals surface area contributed by atoms with Gasteiger partial charge in [-0.3, -0.25) is 9.69 Å². The predicted molar refractivity (Wildman–Crippen MR) is 133 cm³/mol. The van der Waals surface area contributed by atoms with Crippen LogP contribution in [0.15, 0.2) is 98.7 Å². The minimum atomic E-state index is -4.77. The maximum absolute atomic E-state index is 13.6. The van der Waals surface area contributed by atoms with Crippen LogP contribution in [0.4, 0.5) is 24.5 Å². The number of hydrogen-bond acceptors (Lipinski definition) is 6. The van der Waals surface area contributed by atoms with Gasteiger partial charge in [-0.25, -0.2) is 4.99 Å². The Morgan fingerprint density at radius 2 is 1.60 bits per heavy atom. The molecule has 178 valence electrons. The first-order valence-corrected chi connectivity index (χ1v) is 12.1. The molecular weight excluding hydrogens is 495 g/mol. The molecule has 10 heteroatoms.